The van der Waals surface area contributed by atoms with Crippen LogP contribution in [0.5, 0.6) is 0 Å². The molecule has 1 aromatic rings. The molecule has 26 heavy (non-hydrogen) atoms. The maximum absolute atomic E-state index is 13.7. The Bertz CT molecular complexity index is 575. The highest BCUT2D eigenvalue weighted by molar-refractivity contribution is 5.79. The fourth-order valence-corrected chi connectivity index (χ4v) is 3.18. The lowest BCUT2D eigenvalue weighted by Gasteiger charge is -2.33. The molecule has 2 N–H and O–H groups in total. The van der Waals surface area contributed by atoms with E-state index in [9.17, 15) is 8.78 Å². The van der Waals surface area contributed by atoms with E-state index >= 15 is 0 Å². The van der Waals surface area contributed by atoms with E-state index < -0.39 is 11.6 Å². The van der Waals surface area contributed by atoms with E-state index in [2.05, 4.69) is 20.5 Å². The van der Waals surface area contributed by atoms with E-state index in [0.717, 1.165) is 51.6 Å². The number of nitrogens with one attached hydrogen (secondary N) is 2. The maximum Gasteiger partial charge on any atom is 0.191 e. The summed E-state index contributed by atoms with van der Waals surface area (Å²) >= 11 is 0. The smallest absolute Gasteiger partial charge is 0.191 e. The number of halogens is 2. The minimum atomic E-state index is -0.803. The third-order valence-corrected chi connectivity index (χ3v) is 4.69. The number of guanidine groups is 1. The van der Waals surface area contributed by atoms with Crippen LogP contribution in [-0.2, 0) is 11.2 Å². The van der Waals surface area contributed by atoms with Crippen LogP contribution in [0.3, 0.4) is 0 Å². The molecule has 146 valence electrons. The Hall–Kier alpha value is -1.73. The van der Waals surface area contributed by atoms with Crippen LogP contribution in [0, 0.1) is 11.6 Å². The van der Waals surface area contributed by atoms with Crippen LogP contribution in [0.4, 0.5) is 8.78 Å². The van der Waals surface area contributed by atoms with Crippen LogP contribution in [-0.4, -0.2) is 63.8 Å². The van der Waals surface area contributed by atoms with Gasteiger partial charge < -0.3 is 20.3 Å². The largest absolute Gasteiger partial charge is 0.385 e. The second-order valence-corrected chi connectivity index (χ2v) is 6.57. The number of ether oxygens (including phenoxy) is 1. The molecule has 0 unspecified atom stereocenters. The summed E-state index contributed by atoms with van der Waals surface area (Å²) < 4.78 is 32.0. The fourth-order valence-electron chi connectivity index (χ4n) is 3.18. The first-order chi connectivity index (χ1) is 12.6. The first-order valence-corrected chi connectivity index (χ1v) is 9.25. The molecule has 1 aromatic carbocycles. The third-order valence-electron chi connectivity index (χ3n) is 4.69. The average molecular weight is 368 g/mol. The summed E-state index contributed by atoms with van der Waals surface area (Å²) in [7, 11) is 3.45. The number of benzene rings is 1. The topological polar surface area (TPSA) is 48.9 Å². The van der Waals surface area contributed by atoms with E-state index in [1.165, 1.54) is 6.07 Å². The summed E-state index contributed by atoms with van der Waals surface area (Å²) in [6.07, 6.45) is 3.59. The van der Waals surface area contributed by atoms with E-state index in [-0.39, 0.29) is 0 Å². The van der Waals surface area contributed by atoms with E-state index in [1.54, 1.807) is 20.2 Å². The molecule has 0 aromatic heterocycles. The SMILES string of the molecule is CN=C(NCCc1cccc(F)c1F)NC1CCN(CCCOC)CC1. The minimum absolute atomic E-state index is 0.373. The van der Waals surface area contributed by atoms with Gasteiger partial charge in [0.2, 0.25) is 0 Å². The van der Waals surface area contributed by atoms with E-state index in [4.69, 9.17) is 4.74 Å². The third kappa shape index (κ3) is 6.53. The van der Waals surface area contributed by atoms with Crippen LogP contribution < -0.4 is 10.6 Å². The highest BCUT2D eigenvalue weighted by Gasteiger charge is 2.19. The van der Waals surface area contributed by atoms with Crippen molar-refractivity contribution in [1.29, 1.82) is 0 Å². The number of piperidine rings is 1. The van der Waals surface area contributed by atoms with Crippen LogP contribution >= 0.6 is 0 Å². The van der Waals surface area contributed by atoms with Crippen molar-refractivity contribution in [1.82, 2.24) is 15.5 Å². The second kappa shape index (κ2) is 11.1. The molecule has 1 heterocycles. The molecule has 7 heteroatoms. The number of nitrogens with zero attached hydrogens (tertiary/aromatic N) is 2. The van der Waals surface area contributed by atoms with Gasteiger partial charge in [-0.25, -0.2) is 8.78 Å². The van der Waals surface area contributed by atoms with Crippen LogP contribution in [0.15, 0.2) is 23.2 Å². The Labute approximate surface area is 154 Å². The summed E-state index contributed by atoms with van der Waals surface area (Å²) in [6, 6.07) is 4.65. The van der Waals surface area contributed by atoms with Gasteiger partial charge in [0.05, 0.1) is 0 Å². The number of hydrogen-bond acceptors (Lipinski definition) is 3. The van der Waals surface area contributed by atoms with Gasteiger partial charge in [-0.15, -0.1) is 0 Å². The molecule has 0 spiro atoms. The normalized spacial score (nSPS) is 16.7. The first-order valence-electron chi connectivity index (χ1n) is 9.25. The highest BCUT2D eigenvalue weighted by atomic mass is 19.2. The fraction of sp³-hybridized carbons (Fsp3) is 0.632. The Morgan fingerprint density at radius 3 is 2.77 bits per heavy atom. The molecule has 1 aliphatic heterocycles. The lowest BCUT2D eigenvalue weighted by molar-refractivity contribution is 0.155. The van der Waals surface area contributed by atoms with Gasteiger partial charge in [0.25, 0.3) is 0 Å². The molecule has 0 bridgehead atoms. The van der Waals surface area contributed by atoms with Crippen molar-refractivity contribution < 1.29 is 13.5 Å². The maximum atomic E-state index is 13.7. The van der Waals surface area contributed by atoms with Crippen molar-refractivity contribution in [3.8, 4) is 0 Å². The van der Waals surface area contributed by atoms with Crippen LogP contribution in [0.1, 0.15) is 24.8 Å². The summed E-state index contributed by atoms with van der Waals surface area (Å²) in [5.74, 6) is -0.861. The van der Waals surface area contributed by atoms with Crippen LogP contribution in [0.25, 0.3) is 0 Å². The Morgan fingerprint density at radius 2 is 2.08 bits per heavy atom. The standard InChI is InChI=1S/C19H30F2N4O/c1-22-19(23-10-7-15-5-3-6-17(20)18(15)21)24-16-8-12-25(13-9-16)11-4-14-26-2/h3,5-6,16H,4,7-14H2,1-2H3,(H2,22,23,24). The lowest BCUT2D eigenvalue weighted by Crippen LogP contribution is -2.49. The number of methoxy groups -OCH3 is 1. The predicted molar refractivity (Wildman–Crippen MR) is 101 cm³/mol. The number of aliphatic imine (C=N–C) groups is 1. The summed E-state index contributed by atoms with van der Waals surface area (Å²) in [5.41, 5.74) is 0.373. The van der Waals surface area contributed by atoms with Gasteiger partial charge in [0.1, 0.15) is 0 Å². The van der Waals surface area contributed by atoms with Crippen molar-refractivity contribution >= 4 is 5.96 Å². The molecule has 5 nitrogen and oxygen atoms in total. The predicted octanol–water partition coefficient (Wildman–Crippen LogP) is 2.17. The van der Waals surface area contributed by atoms with Gasteiger partial charge in [0, 0.05) is 53.0 Å². The molecule has 0 saturated carbocycles. The summed E-state index contributed by atoms with van der Waals surface area (Å²) in [6.45, 7) is 4.50. The molecule has 2 rings (SSSR count). The zero-order valence-corrected chi connectivity index (χ0v) is 15.7. The molecule has 1 fully saturated rings. The van der Waals surface area contributed by atoms with Crippen molar-refractivity contribution in [2.45, 2.75) is 31.7 Å². The zero-order chi connectivity index (χ0) is 18.8. The van der Waals surface area contributed by atoms with Gasteiger partial charge in [-0.3, -0.25) is 4.99 Å². The van der Waals surface area contributed by atoms with E-state index in [1.807, 2.05) is 0 Å². The minimum Gasteiger partial charge on any atom is -0.385 e. The van der Waals surface area contributed by atoms with Gasteiger partial charge in [-0.05, 0) is 37.3 Å². The van der Waals surface area contributed by atoms with Gasteiger partial charge >= 0.3 is 0 Å². The van der Waals surface area contributed by atoms with E-state index in [0.29, 0.717) is 30.5 Å². The number of rotatable bonds is 8. The zero-order valence-electron chi connectivity index (χ0n) is 15.7. The molecular weight excluding hydrogens is 338 g/mol. The van der Waals surface area contributed by atoms with Gasteiger partial charge in [-0.1, -0.05) is 12.1 Å². The molecule has 1 aliphatic rings. The Balaban J connectivity index is 1.69. The van der Waals surface area contributed by atoms with Crippen molar-refractivity contribution in [2.24, 2.45) is 4.99 Å². The molecule has 0 radical (unpaired) electrons. The van der Waals surface area contributed by atoms with Crippen molar-refractivity contribution in [3.05, 3.63) is 35.4 Å². The summed E-state index contributed by atoms with van der Waals surface area (Å²) in [5, 5.41) is 6.61. The van der Waals surface area contributed by atoms with Crippen molar-refractivity contribution in [2.75, 3.05) is 46.9 Å². The van der Waals surface area contributed by atoms with Gasteiger partial charge in [-0.2, -0.15) is 0 Å². The highest BCUT2D eigenvalue weighted by Crippen LogP contribution is 2.12. The lowest BCUT2D eigenvalue weighted by atomic mass is 10.1. The first kappa shape index (κ1) is 20.6. The molecule has 0 atom stereocenters. The monoisotopic (exact) mass is 368 g/mol. The van der Waals surface area contributed by atoms with Crippen LogP contribution in [0.2, 0.25) is 0 Å². The quantitative estimate of drug-likeness (QED) is 0.420. The average Bonchev–Trinajstić information content (AvgIpc) is 2.66. The molecule has 0 aliphatic carbocycles. The summed E-state index contributed by atoms with van der Waals surface area (Å²) in [4.78, 5) is 6.69. The number of hydrogen-bond donors (Lipinski definition) is 2. The number of likely N-dealkylation sites (tertiary alicyclic amines) is 1. The molecule has 0 amide bonds. The van der Waals surface area contributed by atoms with Gasteiger partial charge in [0.15, 0.2) is 17.6 Å². The molecule has 1 saturated heterocycles. The Kier molecular flexibility index (Phi) is 8.77. The second-order valence-electron chi connectivity index (χ2n) is 6.57. The molecular formula is C19H30F2N4O. The van der Waals surface area contributed by atoms with Crippen molar-refractivity contribution in [3.63, 3.8) is 0 Å². The Morgan fingerprint density at radius 1 is 1.31 bits per heavy atom.